The number of H-pyrrole nitrogens is 1. The van der Waals surface area contributed by atoms with Crippen LogP contribution >= 0.6 is 0 Å². The Morgan fingerprint density at radius 2 is 2.12 bits per heavy atom. The van der Waals surface area contributed by atoms with Crippen molar-refractivity contribution in [3.63, 3.8) is 0 Å². The minimum absolute atomic E-state index is 0.141. The van der Waals surface area contributed by atoms with Gasteiger partial charge in [0.2, 0.25) is 5.95 Å². The summed E-state index contributed by atoms with van der Waals surface area (Å²) in [4.78, 5) is 15.1. The molecule has 5 N–H and O–H groups in total. The Bertz CT molecular complexity index is 637. The van der Waals surface area contributed by atoms with Gasteiger partial charge in [0.25, 0.3) is 0 Å². The molecule has 3 heterocycles. The van der Waals surface area contributed by atoms with Crippen LogP contribution in [0.15, 0.2) is 24.8 Å². The third-order valence-electron chi connectivity index (χ3n) is 2.30. The number of nitrogen functional groups attached to an aromatic ring is 2. The number of nitrogens with two attached hydrogens (primary N) is 2. The zero-order chi connectivity index (χ0) is 11.1. The number of aromatic nitrogens is 5. The van der Waals surface area contributed by atoms with Crippen LogP contribution in [0.2, 0.25) is 0 Å². The largest absolute Gasteiger partial charge is 0.382 e. The molecule has 0 bridgehead atoms. The van der Waals surface area contributed by atoms with Crippen LogP contribution in [0.5, 0.6) is 0 Å². The van der Waals surface area contributed by atoms with E-state index in [1.54, 1.807) is 10.9 Å². The number of imidazole rings is 1. The second-order valence-electron chi connectivity index (χ2n) is 3.32. The Hall–Kier alpha value is -2.57. The van der Waals surface area contributed by atoms with Crippen LogP contribution in [-0.2, 0) is 0 Å². The zero-order valence-electron chi connectivity index (χ0n) is 8.25. The summed E-state index contributed by atoms with van der Waals surface area (Å²) in [5.41, 5.74) is 13.3. The summed E-state index contributed by atoms with van der Waals surface area (Å²) in [5.74, 6) is 0.430. The Morgan fingerprint density at radius 3 is 2.88 bits per heavy atom. The minimum Gasteiger partial charge on any atom is -0.382 e. The topological polar surface area (TPSA) is 111 Å². The Balaban J connectivity index is 2.35. The van der Waals surface area contributed by atoms with Crippen molar-refractivity contribution in [3.05, 3.63) is 24.8 Å². The standard InChI is InChI=1S/C9H9N7/c10-7-6-8(15-9(11)14-7)16(4-13-6)5-1-2-12-3-5/h1-4,12H,(H4,10,11,14,15). The average molecular weight is 215 g/mol. The van der Waals surface area contributed by atoms with Crippen molar-refractivity contribution >= 4 is 22.9 Å². The van der Waals surface area contributed by atoms with Crippen LogP contribution in [-0.4, -0.2) is 24.5 Å². The van der Waals surface area contributed by atoms with Crippen molar-refractivity contribution < 1.29 is 0 Å². The number of nitrogens with zero attached hydrogens (tertiary/aromatic N) is 4. The highest BCUT2D eigenvalue weighted by molar-refractivity contribution is 5.83. The van der Waals surface area contributed by atoms with Gasteiger partial charge in [-0.05, 0) is 6.07 Å². The molecule has 0 aliphatic carbocycles. The van der Waals surface area contributed by atoms with Crippen molar-refractivity contribution in [1.29, 1.82) is 0 Å². The molecular weight excluding hydrogens is 206 g/mol. The highest BCUT2D eigenvalue weighted by Gasteiger charge is 2.10. The molecule has 7 heteroatoms. The highest BCUT2D eigenvalue weighted by Crippen LogP contribution is 2.20. The number of rotatable bonds is 1. The van der Waals surface area contributed by atoms with Crippen LogP contribution in [0, 0.1) is 0 Å². The summed E-state index contributed by atoms with van der Waals surface area (Å²) >= 11 is 0. The quantitative estimate of drug-likeness (QED) is 0.540. The molecule has 0 aromatic carbocycles. The van der Waals surface area contributed by atoms with Crippen LogP contribution < -0.4 is 11.5 Å². The molecule has 3 rings (SSSR count). The first-order valence-electron chi connectivity index (χ1n) is 4.65. The molecule has 0 fully saturated rings. The Morgan fingerprint density at radius 1 is 1.25 bits per heavy atom. The molecule has 3 aromatic heterocycles. The summed E-state index contributed by atoms with van der Waals surface area (Å²) in [6.45, 7) is 0. The van der Waals surface area contributed by atoms with Crippen LogP contribution in [0.1, 0.15) is 0 Å². The molecule has 0 amide bonds. The summed E-state index contributed by atoms with van der Waals surface area (Å²) < 4.78 is 1.79. The van der Waals surface area contributed by atoms with Crippen molar-refractivity contribution in [3.8, 4) is 5.69 Å². The molecule has 80 valence electrons. The number of hydrogen-bond donors (Lipinski definition) is 3. The molecule has 0 radical (unpaired) electrons. The van der Waals surface area contributed by atoms with Crippen LogP contribution in [0.25, 0.3) is 16.9 Å². The molecule has 0 unspecified atom stereocenters. The lowest BCUT2D eigenvalue weighted by Gasteiger charge is -2.00. The number of anilines is 2. The number of nitrogens with one attached hydrogen (secondary N) is 1. The Labute approximate surface area is 90.1 Å². The van der Waals surface area contributed by atoms with Gasteiger partial charge in [0.1, 0.15) is 6.33 Å². The van der Waals surface area contributed by atoms with Crippen molar-refractivity contribution in [2.45, 2.75) is 0 Å². The van der Waals surface area contributed by atoms with Gasteiger partial charge in [-0.25, -0.2) is 4.98 Å². The maximum Gasteiger partial charge on any atom is 0.224 e. The first-order valence-corrected chi connectivity index (χ1v) is 4.65. The molecular formula is C9H9N7. The normalized spacial score (nSPS) is 11.0. The van der Waals surface area contributed by atoms with Crippen molar-refractivity contribution in [2.24, 2.45) is 0 Å². The third kappa shape index (κ3) is 1.11. The first-order chi connectivity index (χ1) is 7.75. The van der Waals surface area contributed by atoms with Gasteiger partial charge in [0, 0.05) is 12.4 Å². The van der Waals surface area contributed by atoms with E-state index in [1.165, 1.54) is 0 Å². The van der Waals surface area contributed by atoms with E-state index in [1.807, 2.05) is 18.5 Å². The lowest BCUT2D eigenvalue weighted by atomic mass is 10.4. The van der Waals surface area contributed by atoms with E-state index in [0.717, 1.165) is 5.69 Å². The van der Waals surface area contributed by atoms with Gasteiger partial charge in [-0.1, -0.05) is 0 Å². The van der Waals surface area contributed by atoms with E-state index in [-0.39, 0.29) is 11.8 Å². The molecule has 7 nitrogen and oxygen atoms in total. The van der Waals surface area contributed by atoms with Gasteiger partial charge >= 0.3 is 0 Å². The summed E-state index contributed by atoms with van der Waals surface area (Å²) in [6, 6.07) is 1.90. The zero-order valence-corrected chi connectivity index (χ0v) is 8.25. The van der Waals surface area contributed by atoms with E-state index in [9.17, 15) is 0 Å². The van der Waals surface area contributed by atoms with Crippen molar-refractivity contribution in [1.82, 2.24) is 24.5 Å². The molecule has 0 saturated carbocycles. The predicted molar refractivity (Wildman–Crippen MR) is 59.8 cm³/mol. The molecule has 0 spiro atoms. The molecule has 0 aliphatic rings. The smallest absolute Gasteiger partial charge is 0.224 e. The van der Waals surface area contributed by atoms with Gasteiger partial charge in [-0.3, -0.25) is 4.57 Å². The fourth-order valence-corrected chi connectivity index (χ4v) is 1.59. The Kier molecular flexibility index (Phi) is 1.61. The van der Waals surface area contributed by atoms with Crippen molar-refractivity contribution in [2.75, 3.05) is 11.5 Å². The summed E-state index contributed by atoms with van der Waals surface area (Å²) in [6.07, 6.45) is 5.28. The maximum absolute atomic E-state index is 5.71. The summed E-state index contributed by atoms with van der Waals surface area (Å²) in [5, 5.41) is 0. The third-order valence-corrected chi connectivity index (χ3v) is 2.30. The molecule has 16 heavy (non-hydrogen) atoms. The molecule has 0 saturated heterocycles. The lowest BCUT2D eigenvalue weighted by Crippen LogP contribution is -2.02. The second kappa shape index (κ2) is 2.96. The van der Waals surface area contributed by atoms with Gasteiger partial charge in [0.05, 0.1) is 5.69 Å². The number of hydrogen-bond acceptors (Lipinski definition) is 5. The maximum atomic E-state index is 5.71. The van der Waals surface area contributed by atoms with Gasteiger partial charge < -0.3 is 16.5 Å². The van der Waals surface area contributed by atoms with Gasteiger partial charge in [-0.15, -0.1) is 0 Å². The van der Waals surface area contributed by atoms with Gasteiger partial charge in [0.15, 0.2) is 17.0 Å². The van der Waals surface area contributed by atoms with Crippen LogP contribution in [0.4, 0.5) is 11.8 Å². The van der Waals surface area contributed by atoms with E-state index >= 15 is 0 Å². The average Bonchev–Trinajstić information content (AvgIpc) is 2.83. The molecule has 3 aromatic rings. The van der Waals surface area contributed by atoms with E-state index in [2.05, 4.69) is 19.9 Å². The number of fused-ring (bicyclic) bond motifs is 1. The fraction of sp³-hybridized carbons (Fsp3) is 0. The van der Waals surface area contributed by atoms with E-state index in [4.69, 9.17) is 11.5 Å². The predicted octanol–water partition coefficient (Wildman–Crippen LogP) is 0.308. The minimum atomic E-state index is 0.141. The van der Waals surface area contributed by atoms with Crippen LogP contribution in [0.3, 0.4) is 0 Å². The molecule has 0 atom stereocenters. The van der Waals surface area contributed by atoms with E-state index in [0.29, 0.717) is 11.2 Å². The van der Waals surface area contributed by atoms with E-state index < -0.39 is 0 Å². The first kappa shape index (κ1) is 8.72. The lowest BCUT2D eigenvalue weighted by molar-refractivity contribution is 1.07. The second-order valence-corrected chi connectivity index (χ2v) is 3.32. The number of aromatic amines is 1. The fourth-order valence-electron chi connectivity index (χ4n) is 1.59. The molecule has 0 aliphatic heterocycles. The highest BCUT2D eigenvalue weighted by atomic mass is 15.2. The summed E-state index contributed by atoms with van der Waals surface area (Å²) in [7, 11) is 0. The SMILES string of the molecule is Nc1nc(N)c2ncn(-c3cc[nH]c3)c2n1. The van der Waals surface area contributed by atoms with Gasteiger partial charge in [-0.2, -0.15) is 9.97 Å². The monoisotopic (exact) mass is 215 g/mol.